The number of methoxy groups -OCH3 is 1. The maximum Gasteiger partial charge on any atom is 0.123 e. The number of hydrogen-bond donors (Lipinski definition) is 1. The van der Waals surface area contributed by atoms with Crippen molar-refractivity contribution >= 4 is 0 Å². The molecule has 0 aliphatic carbocycles. The predicted molar refractivity (Wildman–Crippen MR) is 71.6 cm³/mol. The van der Waals surface area contributed by atoms with E-state index in [0.717, 1.165) is 6.54 Å². The summed E-state index contributed by atoms with van der Waals surface area (Å²) in [6.45, 7) is 4.86. The number of halogens is 1. The van der Waals surface area contributed by atoms with E-state index in [4.69, 9.17) is 4.74 Å². The molecule has 1 unspecified atom stereocenters. The first kappa shape index (κ1) is 13.8. The highest BCUT2D eigenvalue weighted by atomic mass is 19.1. The highest BCUT2D eigenvalue weighted by molar-refractivity contribution is 5.45. The average molecular weight is 262 g/mol. The first-order valence-electron chi connectivity index (χ1n) is 6.43. The number of nitrogens with one attached hydrogen (secondary N) is 1. The van der Waals surface area contributed by atoms with Crippen LogP contribution in [-0.4, -0.2) is 19.2 Å². The molecule has 0 saturated carbocycles. The Morgan fingerprint density at radius 1 is 1.42 bits per heavy atom. The fraction of sp³-hybridized carbons (Fsp3) is 0.533. The van der Waals surface area contributed by atoms with Crippen molar-refractivity contribution in [2.24, 2.45) is 0 Å². The quantitative estimate of drug-likeness (QED) is 0.891. The summed E-state index contributed by atoms with van der Waals surface area (Å²) in [6.07, 6.45) is 1.29. The summed E-state index contributed by atoms with van der Waals surface area (Å²) in [5.41, 5.74) is -0.180. The molecule has 0 aromatic heterocycles. The number of hydrogen-bond acceptors (Lipinski definition) is 3. The minimum atomic E-state index is -0.692. The van der Waals surface area contributed by atoms with E-state index in [9.17, 15) is 9.65 Å². The molecule has 4 heteroatoms. The zero-order valence-corrected chi connectivity index (χ0v) is 11.6. The molecule has 1 aliphatic heterocycles. The molecule has 0 radical (unpaired) electrons. The Morgan fingerprint density at radius 3 is 2.74 bits per heavy atom. The molecule has 0 spiro atoms. The van der Waals surface area contributed by atoms with E-state index in [2.05, 4.69) is 25.2 Å². The summed E-state index contributed by atoms with van der Waals surface area (Å²) >= 11 is 0. The Kier molecular flexibility index (Phi) is 3.51. The molecule has 0 bridgehead atoms. The van der Waals surface area contributed by atoms with Crippen LogP contribution in [0.5, 0.6) is 5.75 Å². The Hall–Kier alpha value is -1.60. The number of ether oxygens (including phenoxy) is 1. The summed E-state index contributed by atoms with van der Waals surface area (Å²) < 4.78 is 18.9. The molecular weight excluding hydrogens is 243 g/mol. The van der Waals surface area contributed by atoms with Gasteiger partial charge in [0.2, 0.25) is 0 Å². The van der Waals surface area contributed by atoms with Crippen LogP contribution in [0, 0.1) is 17.1 Å². The number of rotatable bonds is 2. The Labute approximate surface area is 113 Å². The SMILES string of the molecule is COc1ccc(F)cc1C1(C#N)CCNC(C)(C)C1. The van der Waals surface area contributed by atoms with E-state index in [1.54, 1.807) is 13.2 Å². The molecule has 3 nitrogen and oxygen atoms in total. The van der Waals surface area contributed by atoms with E-state index >= 15 is 0 Å². The van der Waals surface area contributed by atoms with Gasteiger partial charge in [-0.05, 0) is 51.4 Å². The summed E-state index contributed by atoms with van der Waals surface area (Å²) in [6, 6.07) is 6.80. The van der Waals surface area contributed by atoms with E-state index in [0.29, 0.717) is 24.2 Å². The number of benzene rings is 1. The lowest BCUT2D eigenvalue weighted by Gasteiger charge is -2.42. The van der Waals surface area contributed by atoms with Gasteiger partial charge in [0.25, 0.3) is 0 Å². The van der Waals surface area contributed by atoms with E-state index in [1.807, 2.05) is 0 Å². The van der Waals surface area contributed by atoms with Crippen LogP contribution in [0.15, 0.2) is 18.2 Å². The van der Waals surface area contributed by atoms with Gasteiger partial charge >= 0.3 is 0 Å². The van der Waals surface area contributed by atoms with Crippen LogP contribution in [0.2, 0.25) is 0 Å². The minimum absolute atomic E-state index is 0.148. The number of piperidine rings is 1. The van der Waals surface area contributed by atoms with E-state index in [-0.39, 0.29) is 11.4 Å². The third-order valence-corrected chi connectivity index (χ3v) is 3.79. The number of nitrogens with zero attached hydrogens (tertiary/aromatic N) is 1. The minimum Gasteiger partial charge on any atom is -0.496 e. The zero-order valence-electron chi connectivity index (χ0n) is 11.6. The van der Waals surface area contributed by atoms with Gasteiger partial charge in [-0.3, -0.25) is 0 Å². The Morgan fingerprint density at radius 2 is 2.16 bits per heavy atom. The molecule has 1 aromatic carbocycles. The van der Waals surface area contributed by atoms with Gasteiger partial charge in [-0.25, -0.2) is 4.39 Å². The van der Waals surface area contributed by atoms with Crippen molar-refractivity contribution in [1.82, 2.24) is 5.32 Å². The van der Waals surface area contributed by atoms with Crippen molar-refractivity contribution < 1.29 is 9.13 Å². The molecule has 1 fully saturated rings. The van der Waals surface area contributed by atoms with Gasteiger partial charge in [0.15, 0.2) is 0 Å². The molecule has 1 N–H and O–H groups in total. The molecule has 1 atom stereocenters. The van der Waals surface area contributed by atoms with Gasteiger partial charge in [0.05, 0.1) is 18.6 Å². The van der Waals surface area contributed by atoms with Gasteiger partial charge in [0.1, 0.15) is 11.6 Å². The lowest BCUT2D eigenvalue weighted by Crippen LogP contribution is -2.52. The molecule has 102 valence electrons. The van der Waals surface area contributed by atoms with Crippen LogP contribution in [0.25, 0.3) is 0 Å². The van der Waals surface area contributed by atoms with E-state index < -0.39 is 5.41 Å². The van der Waals surface area contributed by atoms with Crippen LogP contribution in [0.1, 0.15) is 32.3 Å². The summed E-state index contributed by atoms with van der Waals surface area (Å²) in [7, 11) is 1.55. The normalized spacial score (nSPS) is 25.6. The van der Waals surface area contributed by atoms with Crippen LogP contribution in [-0.2, 0) is 5.41 Å². The van der Waals surface area contributed by atoms with Crippen molar-refractivity contribution in [1.29, 1.82) is 5.26 Å². The summed E-state index contributed by atoms with van der Waals surface area (Å²) in [5, 5.41) is 13.1. The molecule has 1 aromatic rings. The van der Waals surface area contributed by atoms with Crippen molar-refractivity contribution in [3.63, 3.8) is 0 Å². The van der Waals surface area contributed by atoms with Crippen LogP contribution in [0.4, 0.5) is 4.39 Å². The third kappa shape index (κ3) is 2.57. The molecule has 19 heavy (non-hydrogen) atoms. The maximum atomic E-state index is 13.6. The Balaban J connectivity index is 2.53. The number of nitriles is 1. The fourth-order valence-corrected chi connectivity index (χ4v) is 2.96. The largest absolute Gasteiger partial charge is 0.496 e. The third-order valence-electron chi connectivity index (χ3n) is 3.79. The first-order valence-corrected chi connectivity index (χ1v) is 6.43. The maximum absolute atomic E-state index is 13.6. The van der Waals surface area contributed by atoms with Gasteiger partial charge in [-0.2, -0.15) is 5.26 Å². The highest BCUT2D eigenvalue weighted by Crippen LogP contribution is 2.42. The van der Waals surface area contributed by atoms with Gasteiger partial charge in [-0.1, -0.05) is 0 Å². The molecule has 0 amide bonds. The summed E-state index contributed by atoms with van der Waals surface area (Å²) in [4.78, 5) is 0. The van der Waals surface area contributed by atoms with Gasteiger partial charge < -0.3 is 10.1 Å². The van der Waals surface area contributed by atoms with Crippen molar-refractivity contribution in [3.05, 3.63) is 29.6 Å². The highest BCUT2D eigenvalue weighted by Gasteiger charge is 2.43. The smallest absolute Gasteiger partial charge is 0.123 e. The second kappa shape index (κ2) is 4.82. The van der Waals surface area contributed by atoms with Crippen LogP contribution in [0.3, 0.4) is 0 Å². The second-order valence-corrected chi connectivity index (χ2v) is 5.78. The zero-order chi connectivity index (χ0) is 14.1. The summed E-state index contributed by atoms with van der Waals surface area (Å²) in [5.74, 6) is 0.252. The topological polar surface area (TPSA) is 45.0 Å². The van der Waals surface area contributed by atoms with Crippen molar-refractivity contribution in [2.75, 3.05) is 13.7 Å². The van der Waals surface area contributed by atoms with Gasteiger partial charge in [-0.15, -0.1) is 0 Å². The average Bonchev–Trinajstić information content (AvgIpc) is 2.37. The molecular formula is C15H19FN2O. The Bertz CT molecular complexity index is 521. The molecule has 2 rings (SSSR count). The van der Waals surface area contributed by atoms with Crippen molar-refractivity contribution in [3.8, 4) is 11.8 Å². The molecule has 1 aliphatic rings. The molecule has 1 saturated heterocycles. The van der Waals surface area contributed by atoms with E-state index in [1.165, 1.54) is 12.1 Å². The fourth-order valence-electron chi connectivity index (χ4n) is 2.96. The van der Waals surface area contributed by atoms with Crippen LogP contribution < -0.4 is 10.1 Å². The predicted octanol–water partition coefficient (Wildman–Crippen LogP) is 2.76. The monoisotopic (exact) mass is 262 g/mol. The lowest BCUT2D eigenvalue weighted by molar-refractivity contribution is 0.229. The lowest BCUT2D eigenvalue weighted by atomic mass is 9.68. The van der Waals surface area contributed by atoms with Gasteiger partial charge in [0, 0.05) is 11.1 Å². The van der Waals surface area contributed by atoms with Crippen LogP contribution >= 0.6 is 0 Å². The first-order chi connectivity index (χ1) is 8.92. The second-order valence-electron chi connectivity index (χ2n) is 5.78. The molecule has 1 heterocycles. The standard InChI is InChI=1S/C15H19FN2O/c1-14(2)9-15(10-17,6-7-18-14)12-8-11(16)4-5-13(12)19-3/h4-5,8,18H,6-7,9H2,1-3H3. The van der Waals surface area contributed by atoms with Crippen molar-refractivity contribution in [2.45, 2.75) is 37.6 Å².